The first-order valence-corrected chi connectivity index (χ1v) is 11.4. The summed E-state index contributed by atoms with van der Waals surface area (Å²) in [5, 5.41) is 0.480. The van der Waals surface area contributed by atoms with Crippen molar-refractivity contribution in [1.29, 1.82) is 0 Å². The van der Waals surface area contributed by atoms with Crippen LogP contribution in [0.4, 0.5) is 0 Å². The maximum absolute atomic E-state index is 12.5. The van der Waals surface area contributed by atoms with Crippen LogP contribution in [0.25, 0.3) is 11.0 Å². The summed E-state index contributed by atoms with van der Waals surface area (Å²) in [4.78, 5) is 11.8. The minimum Gasteiger partial charge on any atom is -0.423 e. The van der Waals surface area contributed by atoms with Crippen LogP contribution in [0.3, 0.4) is 0 Å². The maximum atomic E-state index is 12.5. The molecule has 0 saturated carbocycles. The second-order valence-electron chi connectivity index (χ2n) is 5.79. The number of fused-ring (bicyclic) bond motifs is 1. The van der Waals surface area contributed by atoms with Gasteiger partial charge in [0.05, 0.1) is 4.90 Å². The summed E-state index contributed by atoms with van der Waals surface area (Å²) in [6, 6.07) is 9.86. The van der Waals surface area contributed by atoms with Crippen molar-refractivity contribution in [2.45, 2.75) is 15.6 Å². The summed E-state index contributed by atoms with van der Waals surface area (Å²) in [6.45, 7) is -0.0438. The number of hydrogen-bond donors (Lipinski definition) is 1. The van der Waals surface area contributed by atoms with Gasteiger partial charge in [0.2, 0.25) is 10.0 Å². The number of benzene rings is 1. The Kier molecular flexibility index (Phi) is 5.23. The molecule has 0 fully saturated rings. The summed E-state index contributed by atoms with van der Waals surface area (Å²) < 4.78 is 57.8. The van der Waals surface area contributed by atoms with E-state index in [-0.39, 0.29) is 15.6 Å². The van der Waals surface area contributed by atoms with Gasteiger partial charge < -0.3 is 4.42 Å². The van der Waals surface area contributed by atoms with Gasteiger partial charge in [0.25, 0.3) is 10.0 Å². The van der Waals surface area contributed by atoms with E-state index in [4.69, 9.17) is 4.42 Å². The Hall–Kier alpha value is -2.05. The topological polar surface area (TPSA) is 114 Å². The quantitative estimate of drug-likeness (QED) is 0.597. The lowest BCUT2D eigenvalue weighted by molar-refractivity contribution is 0.523. The highest BCUT2D eigenvalue weighted by molar-refractivity contribution is 7.91. The molecule has 0 atom stereocenters. The highest BCUT2D eigenvalue weighted by Gasteiger charge is 2.20. The van der Waals surface area contributed by atoms with Crippen molar-refractivity contribution >= 4 is 42.4 Å². The molecule has 3 rings (SSSR count). The first kappa shape index (κ1) is 19.7. The van der Waals surface area contributed by atoms with Gasteiger partial charge in [0.15, 0.2) is 0 Å². The molecule has 2 aromatic heterocycles. The minimum atomic E-state index is -3.83. The molecule has 0 saturated heterocycles. The van der Waals surface area contributed by atoms with Crippen molar-refractivity contribution in [3.8, 4) is 0 Å². The molecular formula is C16H16N2O6S3. The van der Waals surface area contributed by atoms with Gasteiger partial charge in [0, 0.05) is 37.0 Å². The maximum Gasteiger partial charge on any atom is 0.336 e. The molecule has 0 radical (unpaired) electrons. The second kappa shape index (κ2) is 7.17. The molecule has 0 spiro atoms. The van der Waals surface area contributed by atoms with Gasteiger partial charge in [-0.25, -0.2) is 30.7 Å². The van der Waals surface area contributed by atoms with E-state index in [9.17, 15) is 21.6 Å². The van der Waals surface area contributed by atoms with Crippen LogP contribution in [-0.2, 0) is 26.6 Å². The fourth-order valence-corrected chi connectivity index (χ4v) is 5.84. The average molecular weight is 429 g/mol. The van der Waals surface area contributed by atoms with Crippen molar-refractivity contribution in [1.82, 2.24) is 9.03 Å². The Morgan fingerprint density at radius 3 is 2.48 bits per heavy atom. The molecule has 0 amide bonds. The van der Waals surface area contributed by atoms with E-state index in [2.05, 4.69) is 4.72 Å². The van der Waals surface area contributed by atoms with Crippen LogP contribution in [0.5, 0.6) is 0 Å². The molecule has 3 aromatic rings. The molecule has 1 aromatic carbocycles. The van der Waals surface area contributed by atoms with E-state index >= 15 is 0 Å². The Bertz CT molecular complexity index is 1260. The van der Waals surface area contributed by atoms with Gasteiger partial charge >= 0.3 is 5.63 Å². The highest BCUT2D eigenvalue weighted by Crippen LogP contribution is 2.24. The molecule has 0 unspecified atom stereocenters. The second-order valence-corrected chi connectivity index (χ2v) is 11.1. The number of rotatable bonds is 6. The predicted molar refractivity (Wildman–Crippen MR) is 102 cm³/mol. The molecule has 8 nitrogen and oxygen atoms in total. The third-order valence-electron chi connectivity index (χ3n) is 3.71. The molecule has 0 bridgehead atoms. The lowest BCUT2D eigenvalue weighted by atomic mass is 10.2. The average Bonchev–Trinajstić information content (AvgIpc) is 3.09. The molecule has 144 valence electrons. The number of nitrogens with zero attached hydrogens (tertiary/aromatic N) is 1. The molecular weight excluding hydrogens is 412 g/mol. The van der Waals surface area contributed by atoms with Crippen LogP contribution in [0.2, 0.25) is 0 Å². The van der Waals surface area contributed by atoms with Crippen LogP contribution in [0, 0.1) is 0 Å². The summed E-state index contributed by atoms with van der Waals surface area (Å²) in [5.41, 5.74) is -0.226. The van der Waals surface area contributed by atoms with E-state index in [0.717, 1.165) is 15.6 Å². The van der Waals surface area contributed by atoms with Gasteiger partial charge in [-0.15, -0.1) is 11.3 Å². The fraction of sp³-hybridized carbons (Fsp3) is 0.188. The lowest BCUT2D eigenvalue weighted by Gasteiger charge is -2.08. The Labute approximate surface area is 160 Å². The van der Waals surface area contributed by atoms with Crippen molar-refractivity contribution < 1.29 is 21.3 Å². The molecule has 0 aliphatic rings. The normalized spacial score (nSPS) is 12.7. The van der Waals surface area contributed by atoms with Crippen LogP contribution in [0.1, 0.15) is 4.88 Å². The minimum absolute atomic E-state index is 0.0153. The van der Waals surface area contributed by atoms with Crippen molar-refractivity contribution in [3.05, 3.63) is 57.8 Å². The third-order valence-corrected chi connectivity index (χ3v) is 8.48. The lowest BCUT2D eigenvalue weighted by Crippen LogP contribution is -2.23. The summed E-state index contributed by atoms with van der Waals surface area (Å²) >= 11 is 1.00. The standard InChI is InChI=1S/C16H16N2O6S3/c1-18(2)27(22,23)16-8-4-12(25-16)10-17-26(20,21)13-5-6-14-11(9-13)3-7-15(19)24-14/h3-9,17H,10H2,1-2H3. The van der Waals surface area contributed by atoms with Gasteiger partial charge in [-0.1, -0.05) is 0 Å². The number of thiophene rings is 1. The summed E-state index contributed by atoms with van der Waals surface area (Å²) in [7, 11) is -4.52. The predicted octanol–water partition coefficient (Wildman–Crippen LogP) is 1.58. The first-order chi connectivity index (χ1) is 12.6. The largest absolute Gasteiger partial charge is 0.423 e. The van der Waals surface area contributed by atoms with Crippen molar-refractivity contribution in [3.63, 3.8) is 0 Å². The zero-order valence-electron chi connectivity index (χ0n) is 14.4. The van der Waals surface area contributed by atoms with Crippen LogP contribution in [0.15, 0.2) is 60.8 Å². The Morgan fingerprint density at radius 2 is 1.78 bits per heavy atom. The van der Waals surface area contributed by atoms with Gasteiger partial charge in [0.1, 0.15) is 9.79 Å². The molecule has 0 aliphatic carbocycles. The monoisotopic (exact) mass is 428 g/mol. The van der Waals surface area contributed by atoms with E-state index in [1.54, 1.807) is 6.07 Å². The van der Waals surface area contributed by atoms with Gasteiger partial charge in [-0.3, -0.25) is 0 Å². The van der Waals surface area contributed by atoms with Gasteiger partial charge in [-0.05, 0) is 36.4 Å². The smallest absolute Gasteiger partial charge is 0.336 e. The van der Waals surface area contributed by atoms with Crippen LogP contribution in [-0.4, -0.2) is 35.2 Å². The molecule has 1 N–H and O–H groups in total. The molecule has 0 aliphatic heterocycles. The number of sulfonamides is 2. The van der Waals surface area contributed by atoms with E-state index in [0.29, 0.717) is 15.8 Å². The van der Waals surface area contributed by atoms with Crippen molar-refractivity contribution in [2.75, 3.05) is 14.1 Å². The first-order valence-electron chi connectivity index (χ1n) is 7.64. The summed E-state index contributed by atoms with van der Waals surface area (Å²) in [5.74, 6) is 0. The zero-order chi connectivity index (χ0) is 19.8. The SMILES string of the molecule is CN(C)S(=O)(=O)c1ccc(CNS(=O)(=O)c2ccc3oc(=O)ccc3c2)s1. The van der Waals surface area contributed by atoms with Gasteiger partial charge in [-0.2, -0.15) is 0 Å². The Morgan fingerprint density at radius 1 is 1.04 bits per heavy atom. The number of nitrogens with one attached hydrogen (secondary N) is 1. The van der Waals surface area contributed by atoms with E-state index in [1.165, 1.54) is 50.5 Å². The highest BCUT2D eigenvalue weighted by atomic mass is 32.2. The van der Waals surface area contributed by atoms with Crippen molar-refractivity contribution in [2.24, 2.45) is 0 Å². The van der Waals surface area contributed by atoms with Crippen LogP contribution < -0.4 is 10.3 Å². The molecule has 11 heteroatoms. The van der Waals surface area contributed by atoms with Crippen LogP contribution >= 0.6 is 11.3 Å². The molecule has 27 heavy (non-hydrogen) atoms. The zero-order valence-corrected chi connectivity index (χ0v) is 16.8. The fourth-order valence-electron chi connectivity index (χ4n) is 2.24. The van der Waals surface area contributed by atoms with E-state index < -0.39 is 25.7 Å². The molecule has 2 heterocycles. The summed E-state index contributed by atoms with van der Waals surface area (Å²) in [6.07, 6.45) is 0. The number of hydrogen-bond acceptors (Lipinski definition) is 7. The van der Waals surface area contributed by atoms with E-state index in [1.807, 2.05) is 0 Å². The third kappa shape index (κ3) is 4.12. The Balaban J connectivity index is 1.81.